The second kappa shape index (κ2) is 9.78. The van der Waals surface area contributed by atoms with Crippen LogP contribution in [0.15, 0.2) is 0 Å². The van der Waals surface area contributed by atoms with Crippen LogP contribution in [0.4, 0.5) is 0 Å². The predicted octanol–water partition coefficient (Wildman–Crippen LogP) is 1.43. The Kier molecular flexibility index (Phi) is 8.01. The summed E-state index contributed by atoms with van der Waals surface area (Å²) in [6, 6.07) is 0. The Morgan fingerprint density at radius 2 is 0.857 bits per heavy atom. The second-order valence-corrected chi connectivity index (χ2v) is 6.61. The fourth-order valence-corrected chi connectivity index (χ4v) is 3.65. The van der Waals surface area contributed by atoms with Crippen LogP contribution >= 0.6 is 0 Å². The minimum Gasteiger partial charge on any atom is -0.302 e. The molecular formula is C17H36N4. The first-order valence-corrected chi connectivity index (χ1v) is 9.21. The van der Waals surface area contributed by atoms with E-state index in [1.54, 1.807) is 0 Å². The Morgan fingerprint density at radius 1 is 0.476 bits per heavy atom. The molecule has 2 saturated heterocycles. The van der Waals surface area contributed by atoms with E-state index in [2.05, 4.69) is 33.4 Å². The molecule has 2 aliphatic rings. The first-order valence-electron chi connectivity index (χ1n) is 9.21. The third kappa shape index (κ3) is 6.23. The van der Waals surface area contributed by atoms with Gasteiger partial charge in [-0.05, 0) is 71.6 Å². The molecule has 4 heteroatoms. The van der Waals surface area contributed by atoms with Gasteiger partial charge in [0.05, 0.1) is 0 Å². The summed E-state index contributed by atoms with van der Waals surface area (Å²) in [4.78, 5) is 10.7. The molecule has 21 heavy (non-hydrogen) atoms. The summed E-state index contributed by atoms with van der Waals surface area (Å²) in [5.41, 5.74) is 0. The lowest BCUT2D eigenvalue weighted by Crippen LogP contribution is -2.39. The number of rotatable bonds is 2. The molecule has 0 spiro atoms. The Bertz CT molecular complexity index is 246. The maximum Gasteiger partial charge on any atom is 0.0109 e. The fourth-order valence-electron chi connectivity index (χ4n) is 3.65. The molecule has 2 atom stereocenters. The lowest BCUT2D eigenvalue weighted by Gasteiger charge is -2.28. The van der Waals surface area contributed by atoms with Crippen molar-refractivity contribution in [3.63, 3.8) is 0 Å². The van der Waals surface area contributed by atoms with E-state index in [-0.39, 0.29) is 0 Å². The average Bonchev–Trinajstić information content (AvgIpc) is 2.58. The Hall–Kier alpha value is -0.160. The smallest absolute Gasteiger partial charge is 0.0109 e. The van der Waals surface area contributed by atoms with Gasteiger partial charge in [-0.1, -0.05) is 13.8 Å². The molecule has 0 radical (unpaired) electrons. The predicted molar refractivity (Wildman–Crippen MR) is 91.0 cm³/mol. The van der Waals surface area contributed by atoms with Crippen LogP contribution in [0, 0.1) is 0 Å². The van der Waals surface area contributed by atoms with E-state index in [1.807, 2.05) is 0 Å². The van der Waals surface area contributed by atoms with Crippen LogP contribution in [0.3, 0.4) is 0 Å². The fraction of sp³-hybridized carbons (Fsp3) is 1.00. The number of likely N-dealkylation sites (N-methyl/N-ethyl adjacent to an activating group) is 2. The summed E-state index contributed by atoms with van der Waals surface area (Å²) >= 11 is 0. The van der Waals surface area contributed by atoms with Gasteiger partial charge in [0.25, 0.3) is 0 Å². The monoisotopic (exact) mass is 296 g/mol. The van der Waals surface area contributed by atoms with Gasteiger partial charge in [-0.15, -0.1) is 0 Å². The van der Waals surface area contributed by atoms with Crippen LogP contribution in [0.1, 0.15) is 33.1 Å². The molecule has 2 bridgehead atoms. The molecule has 0 amide bonds. The van der Waals surface area contributed by atoms with Crippen LogP contribution in [0.2, 0.25) is 0 Å². The van der Waals surface area contributed by atoms with Gasteiger partial charge in [-0.3, -0.25) is 0 Å². The van der Waals surface area contributed by atoms with Gasteiger partial charge < -0.3 is 19.6 Å². The first kappa shape index (κ1) is 17.2. The Morgan fingerprint density at radius 3 is 1.24 bits per heavy atom. The maximum absolute atomic E-state index is 2.71. The van der Waals surface area contributed by atoms with Crippen LogP contribution in [-0.4, -0.2) is 98.1 Å². The quantitative estimate of drug-likeness (QED) is 0.764. The summed E-state index contributed by atoms with van der Waals surface area (Å²) in [6.45, 7) is 19.8. The third-order valence-electron chi connectivity index (χ3n) is 5.21. The van der Waals surface area contributed by atoms with Crippen molar-refractivity contribution in [3.05, 3.63) is 0 Å². The molecule has 2 heterocycles. The normalized spacial score (nSPS) is 31.7. The van der Waals surface area contributed by atoms with Crippen LogP contribution in [0.5, 0.6) is 0 Å². The molecule has 2 aliphatic heterocycles. The van der Waals surface area contributed by atoms with Crippen molar-refractivity contribution in [2.24, 2.45) is 0 Å². The maximum atomic E-state index is 2.71. The number of hydrogen-bond donors (Lipinski definition) is 0. The van der Waals surface area contributed by atoms with Gasteiger partial charge in [-0.25, -0.2) is 0 Å². The summed E-state index contributed by atoms with van der Waals surface area (Å²) in [5.74, 6) is 0. The highest BCUT2D eigenvalue weighted by Crippen LogP contribution is 2.06. The standard InChI is InChI=1S/C17H36N4/c1-3-18-8-5-10-21-13-7-12-20(16-14-18)11-6-9-19(4-2)15-17-21/h3-17H2,1-2H3. The van der Waals surface area contributed by atoms with E-state index in [0.717, 1.165) is 0 Å². The lowest BCUT2D eigenvalue weighted by molar-refractivity contribution is 0.185. The average molecular weight is 297 g/mol. The van der Waals surface area contributed by atoms with E-state index in [4.69, 9.17) is 0 Å². The summed E-state index contributed by atoms with van der Waals surface area (Å²) in [7, 11) is 0. The lowest BCUT2D eigenvalue weighted by atomic mass is 10.3. The summed E-state index contributed by atoms with van der Waals surface area (Å²) in [5, 5.41) is 0. The molecule has 2 rings (SSSR count). The molecular weight excluding hydrogens is 260 g/mol. The number of fused-ring (bicyclic) bond motifs is 4. The molecule has 124 valence electrons. The minimum atomic E-state index is 1.21. The van der Waals surface area contributed by atoms with E-state index in [0.29, 0.717) is 0 Å². The number of hydrogen-bond acceptors (Lipinski definition) is 4. The van der Waals surface area contributed by atoms with Gasteiger partial charge in [0.15, 0.2) is 0 Å². The van der Waals surface area contributed by atoms with Crippen molar-refractivity contribution in [3.8, 4) is 0 Å². The molecule has 0 aromatic carbocycles. The van der Waals surface area contributed by atoms with Gasteiger partial charge in [0.2, 0.25) is 0 Å². The van der Waals surface area contributed by atoms with Crippen molar-refractivity contribution in [2.75, 3.05) is 78.5 Å². The topological polar surface area (TPSA) is 13.0 Å². The van der Waals surface area contributed by atoms with Crippen LogP contribution < -0.4 is 0 Å². The zero-order chi connectivity index (χ0) is 14.9. The second-order valence-electron chi connectivity index (χ2n) is 6.61. The molecule has 4 nitrogen and oxygen atoms in total. The van der Waals surface area contributed by atoms with Crippen molar-refractivity contribution >= 4 is 0 Å². The zero-order valence-electron chi connectivity index (χ0n) is 14.4. The highest BCUT2D eigenvalue weighted by molar-refractivity contribution is 4.72. The zero-order valence-corrected chi connectivity index (χ0v) is 14.4. The highest BCUT2D eigenvalue weighted by Gasteiger charge is 2.15. The van der Waals surface area contributed by atoms with E-state index in [1.165, 1.54) is 97.8 Å². The molecule has 0 aromatic heterocycles. The first-order chi connectivity index (χ1) is 10.3. The molecule has 0 aliphatic carbocycles. The van der Waals surface area contributed by atoms with E-state index in [9.17, 15) is 0 Å². The van der Waals surface area contributed by atoms with Gasteiger partial charge >= 0.3 is 0 Å². The van der Waals surface area contributed by atoms with E-state index >= 15 is 0 Å². The van der Waals surface area contributed by atoms with Crippen LogP contribution in [0.25, 0.3) is 0 Å². The van der Waals surface area contributed by atoms with E-state index < -0.39 is 0 Å². The molecule has 2 fully saturated rings. The molecule has 2 unspecified atom stereocenters. The molecule has 0 aromatic rings. The Labute approximate surface area is 132 Å². The highest BCUT2D eigenvalue weighted by atomic mass is 15.2. The molecule has 0 saturated carbocycles. The van der Waals surface area contributed by atoms with Crippen molar-refractivity contribution in [1.29, 1.82) is 0 Å². The SMILES string of the molecule is CCN1CCCN2CCCN(CCCN(CC)CC2)CC1. The van der Waals surface area contributed by atoms with Crippen molar-refractivity contribution < 1.29 is 0 Å². The summed E-state index contributed by atoms with van der Waals surface area (Å²) in [6.07, 6.45) is 4.01. The number of nitrogens with zero attached hydrogens (tertiary/aromatic N) is 4. The minimum absolute atomic E-state index is 1.21. The third-order valence-corrected chi connectivity index (χ3v) is 5.21. The van der Waals surface area contributed by atoms with Gasteiger partial charge in [0, 0.05) is 26.2 Å². The largest absolute Gasteiger partial charge is 0.302 e. The van der Waals surface area contributed by atoms with Gasteiger partial charge in [-0.2, -0.15) is 0 Å². The van der Waals surface area contributed by atoms with Crippen molar-refractivity contribution in [1.82, 2.24) is 19.6 Å². The molecule has 0 N–H and O–H groups in total. The summed E-state index contributed by atoms with van der Waals surface area (Å²) < 4.78 is 0. The van der Waals surface area contributed by atoms with Gasteiger partial charge in [0.1, 0.15) is 0 Å². The van der Waals surface area contributed by atoms with Crippen LogP contribution in [-0.2, 0) is 0 Å². The van der Waals surface area contributed by atoms with Crippen molar-refractivity contribution in [2.45, 2.75) is 33.1 Å². The Balaban J connectivity index is 1.99.